The number of carbonyl (C=O) groups excluding carboxylic acids is 1. The number of anilines is 1. The number of amides is 1. The van der Waals surface area contributed by atoms with Crippen LogP contribution in [0.25, 0.3) is 0 Å². The summed E-state index contributed by atoms with van der Waals surface area (Å²) in [5.74, 6) is -2.15. The van der Waals surface area contributed by atoms with Crippen LogP contribution in [0, 0.1) is 11.6 Å². The van der Waals surface area contributed by atoms with Gasteiger partial charge in [0.05, 0.1) is 10.7 Å². The number of nitrogens with one attached hydrogen (secondary N) is 1. The van der Waals surface area contributed by atoms with Gasteiger partial charge in [0.25, 0.3) is 5.91 Å². The number of benzene rings is 2. The molecule has 7 heteroatoms. The van der Waals surface area contributed by atoms with E-state index in [0.717, 1.165) is 6.07 Å². The first kappa shape index (κ1) is 15.4. The lowest BCUT2D eigenvalue weighted by Gasteiger charge is -2.09. The van der Waals surface area contributed by atoms with E-state index < -0.39 is 17.5 Å². The third-order valence-corrected chi connectivity index (χ3v) is 4.29. The molecule has 0 aliphatic carbocycles. The van der Waals surface area contributed by atoms with Crippen molar-refractivity contribution in [3.05, 3.63) is 61.5 Å². The van der Waals surface area contributed by atoms with Crippen molar-refractivity contribution in [3.63, 3.8) is 0 Å². The van der Waals surface area contributed by atoms with Crippen molar-refractivity contribution in [2.24, 2.45) is 0 Å². The van der Waals surface area contributed by atoms with Gasteiger partial charge in [-0.2, -0.15) is 0 Å². The van der Waals surface area contributed by atoms with E-state index in [2.05, 4.69) is 37.2 Å². The van der Waals surface area contributed by atoms with Crippen molar-refractivity contribution < 1.29 is 13.6 Å². The Hall–Kier alpha value is -0.980. The largest absolute Gasteiger partial charge is 0.319 e. The lowest BCUT2D eigenvalue weighted by Crippen LogP contribution is -2.13. The van der Waals surface area contributed by atoms with E-state index in [4.69, 9.17) is 11.6 Å². The third-order valence-electron chi connectivity index (χ3n) is 2.43. The zero-order valence-electron chi connectivity index (χ0n) is 9.68. The van der Waals surface area contributed by atoms with Gasteiger partial charge in [-0.05, 0) is 56.1 Å². The number of rotatable bonds is 2. The Morgan fingerprint density at radius 3 is 2.40 bits per heavy atom. The zero-order chi connectivity index (χ0) is 14.9. The number of carbonyl (C=O) groups is 1. The van der Waals surface area contributed by atoms with Crippen LogP contribution in [0.1, 0.15) is 10.4 Å². The van der Waals surface area contributed by atoms with Gasteiger partial charge in [-0.25, -0.2) is 8.78 Å². The molecule has 0 aliphatic heterocycles. The van der Waals surface area contributed by atoms with Crippen molar-refractivity contribution in [3.8, 4) is 0 Å². The summed E-state index contributed by atoms with van der Waals surface area (Å²) in [6.45, 7) is 0. The van der Waals surface area contributed by atoms with Crippen LogP contribution in [-0.2, 0) is 0 Å². The number of hydrogen-bond donors (Lipinski definition) is 1. The fourth-order valence-electron chi connectivity index (χ4n) is 1.48. The summed E-state index contributed by atoms with van der Waals surface area (Å²) < 4.78 is 27.3. The molecule has 0 bridgehead atoms. The van der Waals surface area contributed by atoms with Crippen LogP contribution in [0.4, 0.5) is 14.5 Å². The molecule has 2 rings (SSSR count). The molecule has 0 saturated carbocycles. The number of halogens is 5. The van der Waals surface area contributed by atoms with Crippen LogP contribution in [-0.4, -0.2) is 5.91 Å². The Bertz CT molecular complexity index is 671. The zero-order valence-corrected chi connectivity index (χ0v) is 13.6. The lowest BCUT2D eigenvalue weighted by atomic mass is 10.2. The Labute approximate surface area is 135 Å². The van der Waals surface area contributed by atoms with Crippen molar-refractivity contribution >= 4 is 55.1 Å². The summed E-state index contributed by atoms with van der Waals surface area (Å²) in [5, 5.41) is 2.72. The molecular formula is C13H6Br2ClF2NO. The fourth-order valence-corrected chi connectivity index (χ4v) is 2.42. The molecule has 20 heavy (non-hydrogen) atoms. The van der Waals surface area contributed by atoms with Gasteiger partial charge in [-0.3, -0.25) is 4.79 Å². The second-order valence-corrected chi connectivity index (χ2v) is 5.94. The Morgan fingerprint density at radius 1 is 1.10 bits per heavy atom. The summed E-state index contributed by atoms with van der Waals surface area (Å²) in [7, 11) is 0. The van der Waals surface area contributed by atoms with Gasteiger partial charge >= 0.3 is 0 Å². The highest BCUT2D eigenvalue weighted by Gasteiger charge is 2.14. The highest BCUT2D eigenvalue weighted by atomic mass is 79.9. The van der Waals surface area contributed by atoms with Crippen LogP contribution in [0.5, 0.6) is 0 Å². The van der Waals surface area contributed by atoms with Gasteiger partial charge in [-0.1, -0.05) is 11.6 Å². The van der Waals surface area contributed by atoms with Gasteiger partial charge < -0.3 is 5.32 Å². The molecule has 1 amide bonds. The van der Waals surface area contributed by atoms with E-state index in [-0.39, 0.29) is 15.7 Å². The molecule has 0 atom stereocenters. The van der Waals surface area contributed by atoms with Gasteiger partial charge in [0.2, 0.25) is 0 Å². The van der Waals surface area contributed by atoms with E-state index >= 15 is 0 Å². The SMILES string of the molecule is O=C(Nc1c(F)cc(F)cc1Br)c1ccc(Br)c(Cl)c1. The Kier molecular flexibility index (Phi) is 4.78. The summed E-state index contributed by atoms with van der Waals surface area (Å²) in [4.78, 5) is 12.0. The first-order valence-corrected chi connectivity index (χ1v) is 7.26. The maximum Gasteiger partial charge on any atom is 0.255 e. The second-order valence-electron chi connectivity index (χ2n) is 3.83. The van der Waals surface area contributed by atoms with E-state index in [0.29, 0.717) is 15.6 Å². The Balaban J connectivity index is 2.30. The predicted octanol–water partition coefficient (Wildman–Crippen LogP) is 5.40. The Morgan fingerprint density at radius 2 is 1.80 bits per heavy atom. The maximum absolute atomic E-state index is 13.6. The molecular weight excluding hydrogens is 419 g/mol. The molecule has 0 aliphatic rings. The van der Waals surface area contributed by atoms with Gasteiger partial charge in [-0.15, -0.1) is 0 Å². The molecule has 2 aromatic carbocycles. The maximum atomic E-state index is 13.6. The predicted molar refractivity (Wildman–Crippen MR) is 81.2 cm³/mol. The monoisotopic (exact) mass is 423 g/mol. The molecule has 104 valence electrons. The third kappa shape index (κ3) is 3.37. The summed E-state index contributed by atoms with van der Waals surface area (Å²) in [6.07, 6.45) is 0. The first-order chi connectivity index (χ1) is 9.38. The van der Waals surface area contributed by atoms with Gasteiger partial charge in [0, 0.05) is 20.6 Å². The minimum Gasteiger partial charge on any atom is -0.319 e. The van der Waals surface area contributed by atoms with Gasteiger partial charge in [0.15, 0.2) is 5.82 Å². The van der Waals surface area contributed by atoms with Crippen molar-refractivity contribution in [1.29, 1.82) is 0 Å². The molecule has 1 N–H and O–H groups in total. The molecule has 0 aromatic heterocycles. The van der Waals surface area contributed by atoms with Crippen molar-refractivity contribution in [1.82, 2.24) is 0 Å². The number of hydrogen-bond acceptors (Lipinski definition) is 1. The average molecular weight is 425 g/mol. The van der Waals surface area contributed by atoms with Crippen LogP contribution in [0.3, 0.4) is 0 Å². The second kappa shape index (κ2) is 6.20. The smallest absolute Gasteiger partial charge is 0.255 e. The molecule has 0 unspecified atom stereocenters. The standard InChI is InChI=1S/C13H6Br2ClF2NO/c14-8-2-1-6(3-10(8)16)13(20)19-12-9(15)4-7(17)5-11(12)18/h1-5H,(H,19,20). The highest BCUT2D eigenvalue weighted by Crippen LogP contribution is 2.28. The van der Waals surface area contributed by atoms with Crippen LogP contribution >= 0.6 is 43.5 Å². The molecule has 2 nitrogen and oxygen atoms in total. The van der Waals surface area contributed by atoms with E-state index in [9.17, 15) is 13.6 Å². The van der Waals surface area contributed by atoms with E-state index in [1.165, 1.54) is 12.1 Å². The first-order valence-electron chi connectivity index (χ1n) is 5.29. The van der Waals surface area contributed by atoms with Gasteiger partial charge in [0.1, 0.15) is 5.82 Å². The fraction of sp³-hybridized carbons (Fsp3) is 0. The quantitative estimate of drug-likeness (QED) is 0.686. The van der Waals surface area contributed by atoms with Crippen LogP contribution < -0.4 is 5.32 Å². The van der Waals surface area contributed by atoms with Crippen molar-refractivity contribution in [2.45, 2.75) is 0 Å². The summed E-state index contributed by atoms with van der Waals surface area (Å²) in [6, 6.07) is 6.33. The lowest BCUT2D eigenvalue weighted by molar-refractivity contribution is 0.102. The molecule has 0 saturated heterocycles. The molecule has 0 heterocycles. The van der Waals surface area contributed by atoms with E-state index in [1.54, 1.807) is 6.07 Å². The normalized spacial score (nSPS) is 10.4. The highest BCUT2D eigenvalue weighted by molar-refractivity contribution is 9.11. The molecule has 2 aromatic rings. The van der Waals surface area contributed by atoms with Crippen LogP contribution in [0.15, 0.2) is 39.3 Å². The molecule has 0 fully saturated rings. The summed E-state index contributed by atoms with van der Waals surface area (Å²) in [5.41, 5.74) is 0.129. The minimum atomic E-state index is -0.867. The van der Waals surface area contributed by atoms with E-state index in [1.807, 2.05) is 0 Å². The topological polar surface area (TPSA) is 29.1 Å². The average Bonchev–Trinajstić information content (AvgIpc) is 2.36. The minimum absolute atomic E-state index is 0.117. The van der Waals surface area contributed by atoms with Crippen LogP contribution in [0.2, 0.25) is 5.02 Å². The molecule has 0 spiro atoms. The summed E-state index contributed by atoms with van der Waals surface area (Å²) >= 11 is 12.1. The van der Waals surface area contributed by atoms with Crippen molar-refractivity contribution in [2.75, 3.05) is 5.32 Å². The molecule has 0 radical (unpaired) electrons.